The summed E-state index contributed by atoms with van der Waals surface area (Å²) >= 11 is 0. The molecule has 0 aromatic carbocycles. The molecule has 2 heteroatoms. The van der Waals surface area contributed by atoms with E-state index in [-0.39, 0.29) is 17.1 Å². The number of hydrogen-bond donors (Lipinski definition) is 0. The number of ether oxygens (including phenoxy) is 1. The third-order valence-electron chi connectivity index (χ3n) is 1.30. The average Bonchev–Trinajstić information content (AvgIpc) is 2.72. The predicted molar refractivity (Wildman–Crippen MR) is 55.5 cm³/mol. The molecule has 1 nitrogen and oxygen atoms in total. The summed E-state index contributed by atoms with van der Waals surface area (Å²) in [4.78, 5) is 0. The maximum atomic E-state index is 4.95. The molecule has 0 aromatic heterocycles. The fourth-order valence-electron chi connectivity index (χ4n) is 0.596. The molecule has 1 aliphatic carbocycles. The first-order valence-corrected chi connectivity index (χ1v) is 4.03. The summed E-state index contributed by atoms with van der Waals surface area (Å²) in [6, 6.07) is 0. The SMILES string of the molecule is C#CC[CH-]C(=C)OC.[C-]1=CCC=C1.[Mn+2]. The summed E-state index contributed by atoms with van der Waals surface area (Å²) < 4.78 is 4.71. The fourth-order valence-corrected chi connectivity index (χ4v) is 0.596. The van der Waals surface area contributed by atoms with Gasteiger partial charge >= 0.3 is 17.1 Å². The van der Waals surface area contributed by atoms with Crippen LogP contribution in [0.2, 0.25) is 0 Å². The van der Waals surface area contributed by atoms with Gasteiger partial charge in [-0.1, -0.05) is 0 Å². The molecule has 75 valence electrons. The molecule has 0 unspecified atom stereocenters. The summed E-state index contributed by atoms with van der Waals surface area (Å²) in [5, 5.41) is 0. The van der Waals surface area contributed by atoms with Crippen molar-refractivity contribution in [3.8, 4) is 12.3 Å². The van der Waals surface area contributed by atoms with Gasteiger partial charge in [0.25, 0.3) is 0 Å². The van der Waals surface area contributed by atoms with E-state index in [1.165, 1.54) is 0 Å². The Morgan fingerprint density at radius 2 is 2.50 bits per heavy atom. The second-order valence-electron chi connectivity index (χ2n) is 2.29. The molecule has 14 heavy (non-hydrogen) atoms. The molecule has 0 atom stereocenters. The van der Waals surface area contributed by atoms with Crippen molar-refractivity contribution in [2.45, 2.75) is 12.8 Å². The minimum Gasteiger partial charge on any atom is -0.535 e. The van der Waals surface area contributed by atoms with Gasteiger partial charge in [0.05, 0.1) is 7.11 Å². The van der Waals surface area contributed by atoms with Crippen LogP contribution in [0, 0.1) is 24.8 Å². The zero-order valence-electron chi connectivity index (χ0n) is 8.29. The molecule has 0 fully saturated rings. The van der Waals surface area contributed by atoms with E-state index >= 15 is 0 Å². The van der Waals surface area contributed by atoms with Crippen LogP contribution in [0.4, 0.5) is 0 Å². The van der Waals surface area contributed by atoms with Gasteiger partial charge in [0, 0.05) is 0 Å². The number of terminal acetylenes is 1. The molecule has 0 saturated heterocycles. The van der Waals surface area contributed by atoms with Gasteiger partial charge in [-0.2, -0.15) is 12.5 Å². The van der Waals surface area contributed by atoms with Crippen LogP contribution in [-0.4, -0.2) is 7.11 Å². The molecule has 0 aliphatic heterocycles. The van der Waals surface area contributed by atoms with Crippen molar-refractivity contribution in [2.75, 3.05) is 7.11 Å². The van der Waals surface area contributed by atoms with Gasteiger partial charge in [-0.05, 0) is 12.2 Å². The number of hydrogen-bond acceptors (Lipinski definition) is 1. The normalized spacial score (nSPS) is 10.3. The Hall–Kier alpha value is -1.03. The van der Waals surface area contributed by atoms with Crippen LogP contribution in [0.1, 0.15) is 12.8 Å². The van der Waals surface area contributed by atoms with Crippen molar-refractivity contribution < 1.29 is 21.8 Å². The number of methoxy groups -OCH3 is 1. The first kappa shape index (κ1) is 15.4. The third kappa shape index (κ3) is 11.0. The Morgan fingerprint density at radius 3 is 2.79 bits per heavy atom. The second-order valence-corrected chi connectivity index (χ2v) is 2.29. The van der Waals surface area contributed by atoms with Crippen LogP contribution < -0.4 is 0 Å². The van der Waals surface area contributed by atoms with Crippen molar-refractivity contribution >= 4 is 0 Å². The molecule has 0 N–H and O–H groups in total. The fraction of sp³-hybridized carbons (Fsp3) is 0.250. The minimum atomic E-state index is 0. The van der Waals surface area contributed by atoms with Gasteiger partial charge < -0.3 is 4.74 Å². The van der Waals surface area contributed by atoms with Gasteiger partial charge in [-0.3, -0.25) is 6.08 Å². The second kappa shape index (κ2) is 12.0. The maximum absolute atomic E-state index is 4.95. The van der Waals surface area contributed by atoms with Crippen molar-refractivity contribution in [1.82, 2.24) is 0 Å². The van der Waals surface area contributed by atoms with Gasteiger partial charge in [-0.15, -0.1) is 18.8 Å². The molecule has 0 saturated carbocycles. The first-order valence-electron chi connectivity index (χ1n) is 4.03. The monoisotopic (exact) mass is 229 g/mol. The first-order chi connectivity index (χ1) is 6.31. The molecule has 0 spiro atoms. The Morgan fingerprint density at radius 1 is 1.79 bits per heavy atom. The van der Waals surface area contributed by atoms with Gasteiger partial charge in [-0.25, -0.2) is 18.7 Å². The van der Waals surface area contributed by atoms with Crippen LogP contribution in [0.25, 0.3) is 0 Å². The summed E-state index contributed by atoms with van der Waals surface area (Å²) in [5.41, 5.74) is 0. The van der Waals surface area contributed by atoms with Gasteiger partial charge in [0.15, 0.2) is 0 Å². The predicted octanol–water partition coefficient (Wildman–Crippen LogP) is 2.68. The Bertz CT molecular complexity index is 223. The topological polar surface area (TPSA) is 9.23 Å². The molecule has 0 amide bonds. The quantitative estimate of drug-likeness (QED) is 0.313. The van der Waals surface area contributed by atoms with Crippen molar-refractivity contribution in [3.63, 3.8) is 0 Å². The molecule has 1 aliphatic rings. The summed E-state index contributed by atoms with van der Waals surface area (Å²) in [7, 11) is 1.56. The van der Waals surface area contributed by atoms with E-state index in [1.807, 2.05) is 12.2 Å². The van der Waals surface area contributed by atoms with E-state index in [1.54, 1.807) is 13.5 Å². The van der Waals surface area contributed by atoms with E-state index in [9.17, 15) is 0 Å². The van der Waals surface area contributed by atoms with Crippen molar-refractivity contribution in [3.05, 3.63) is 43.1 Å². The molecule has 0 heterocycles. The smallest absolute Gasteiger partial charge is 0.535 e. The van der Waals surface area contributed by atoms with Gasteiger partial charge in [0.1, 0.15) is 0 Å². The van der Waals surface area contributed by atoms with E-state index in [4.69, 9.17) is 11.2 Å². The Labute approximate surface area is 97.4 Å². The summed E-state index contributed by atoms with van der Waals surface area (Å²) in [6.07, 6.45) is 17.3. The largest absolute Gasteiger partial charge is 2.00 e. The van der Waals surface area contributed by atoms with Crippen molar-refractivity contribution in [1.29, 1.82) is 0 Å². The van der Waals surface area contributed by atoms with Crippen LogP contribution in [0.5, 0.6) is 0 Å². The standard InChI is InChI=1S/C7H9O.C5H5.Mn/c1-4-5-6-7(2)8-3;1-2-4-5-3-1;/h1,6H,2,5H2,3H3;1-2,5H,3H2;/q2*-1;+2. The average molecular weight is 229 g/mol. The Balaban J connectivity index is 0. The van der Waals surface area contributed by atoms with E-state index in [0.717, 1.165) is 6.42 Å². The zero-order valence-corrected chi connectivity index (χ0v) is 9.47. The van der Waals surface area contributed by atoms with Crippen molar-refractivity contribution in [2.24, 2.45) is 0 Å². The van der Waals surface area contributed by atoms with E-state index in [0.29, 0.717) is 12.2 Å². The van der Waals surface area contributed by atoms with Gasteiger partial charge in [0.2, 0.25) is 0 Å². The molecular formula is C12H14MnO. The molecule has 0 bridgehead atoms. The molecule has 1 radical (unpaired) electrons. The maximum Gasteiger partial charge on any atom is 2.00 e. The van der Waals surface area contributed by atoms with Crippen LogP contribution >= 0.6 is 0 Å². The Kier molecular flexibility index (Phi) is 13.2. The molecule has 1 rings (SSSR count). The van der Waals surface area contributed by atoms with E-state index < -0.39 is 0 Å². The van der Waals surface area contributed by atoms with Crippen LogP contribution in [-0.2, 0) is 21.8 Å². The number of rotatable bonds is 3. The summed E-state index contributed by atoms with van der Waals surface area (Å²) in [6.45, 7) is 3.54. The van der Waals surface area contributed by atoms with E-state index in [2.05, 4.69) is 24.7 Å². The van der Waals surface area contributed by atoms with Crippen LogP contribution in [0.15, 0.2) is 30.6 Å². The molecular weight excluding hydrogens is 215 g/mol. The van der Waals surface area contributed by atoms with Crippen LogP contribution in [0.3, 0.4) is 0 Å². The third-order valence-corrected chi connectivity index (χ3v) is 1.30. The zero-order chi connectivity index (χ0) is 9.94. The number of allylic oxidation sites excluding steroid dienone is 5. The minimum absolute atomic E-state index is 0. The molecule has 0 aromatic rings. The summed E-state index contributed by atoms with van der Waals surface area (Å²) in [5.74, 6) is 3.06.